The largest absolute Gasteiger partial charge is 0.285 e. The number of hydrogen-bond acceptors (Lipinski definition) is 5. The molecule has 0 radical (unpaired) electrons. The van der Waals surface area contributed by atoms with Crippen LogP contribution in [0.2, 0.25) is 0 Å². The van der Waals surface area contributed by atoms with E-state index in [9.17, 15) is 20.2 Å². The molecule has 0 aromatic heterocycles. The van der Waals surface area contributed by atoms with Gasteiger partial charge in [0.2, 0.25) is 0 Å². The maximum absolute atomic E-state index is 11.8. The van der Waals surface area contributed by atoms with Gasteiger partial charge in [-0.3, -0.25) is 25.1 Å². The fourth-order valence-electron chi connectivity index (χ4n) is 3.47. The van der Waals surface area contributed by atoms with Crippen LogP contribution in [0.15, 0.2) is 91.0 Å². The van der Waals surface area contributed by atoms with E-state index in [1.165, 1.54) is 0 Å². The maximum Gasteiger partial charge on any atom is 0.250 e. The summed E-state index contributed by atoms with van der Waals surface area (Å²) in [4.78, 5) is 24.8. The normalized spacial score (nSPS) is 13.0. The van der Waals surface area contributed by atoms with Gasteiger partial charge in [-0.25, -0.2) is 0 Å². The van der Waals surface area contributed by atoms with Crippen molar-refractivity contribution >= 4 is 0 Å². The highest BCUT2D eigenvalue weighted by Crippen LogP contribution is 2.23. The maximum atomic E-state index is 11.8. The van der Waals surface area contributed by atoms with E-state index in [0.717, 1.165) is 5.56 Å². The van der Waals surface area contributed by atoms with Crippen molar-refractivity contribution < 1.29 is 9.85 Å². The van der Waals surface area contributed by atoms with Gasteiger partial charge >= 0.3 is 0 Å². The van der Waals surface area contributed by atoms with E-state index in [4.69, 9.17) is 0 Å². The highest BCUT2D eigenvalue weighted by atomic mass is 16.6. The molecule has 7 heteroatoms. The van der Waals surface area contributed by atoms with Crippen molar-refractivity contribution in [2.75, 3.05) is 13.1 Å². The van der Waals surface area contributed by atoms with Crippen molar-refractivity contribution in [3.63, 3.8) is 0 Å². The van der Waals surface area contributed by atoms with Gasteiger partial charge in [-0.2, -0.15) is 0 Å². The van der Waals surface area contributed by atoms with Gasteiger partial charge in [0.05, 0.1) is 13.1 Å². The van der Waals surface area contributed by atoms with Gasteiger partial charge in [0, 0.05) is 27.5 Å². The SMILES string of the molecule is O=[N+]([O-])C(CN(Cc1ccccc1)CC(c1ccccc1)[N+](=O)[O-])c1ccccc1. The third-order valence-corrected chi connectivity index (χ3v) is 4.99. The van der Waals surface area contributed by atoms with Crippen molar-refractivity contribution in [1.82, 2.24) is 4.90 Å². The van der Waals surface area contributed by atoms with Crippen LogP contribution in [0.5, 0.6) is 0 Å². The van der Waals surface area contributed by atoms with Crippen LogP contribution in [-0.2, 0) is 6.54 Å². The molecule has 0 aliphatic rings. The second kappa shape index (κ2) is 10.3. The number of rotatable bonds is 10. The highest BCUT2D eigenvalue weighted by molar-refractivity contribution is 5.20. The molecule has 0 amide bonds. The van der Waals surface area contributed by atoms with Gasteiger partial charge < -0.3 is 0 Å². The second-order valence-corrected chi connectivity index (χ2v) is 7.10. The lowest BCUT2D eigenvalue weighted by Gasteiger charge is -2.25. The summed E-state index contributed by atoms with van der Waals surface area (Å²) >= 11 is 0. The predicted octanol–water partition coefficient (Wildman–Crippen LogP) is 4.52. The van der Waals surface area contributed by atoms with Crippen molar-refractivity contribution in [3.8, 4) is 0 Å². The first-order valence-electron chi connectivity index (χ1n) is 9.67. The molecule has 0 aliphatic carbocycles. The number of benzene rings is 3. The minimum atomic E-state index is -0.974. The Kier molecular flexibility index (Phi) is 7.24. The van der Waals surface area contributed by atoms with Crippen LogP contribution < -0.4 is 0 Å². The minimum absolute atomic E-state index is 0.0725. The molecule has 3 aromatic carbocycles. The Morgan fingerprint density at radius 1 is 0.633 bits per heavy atom. The first-order chi connectivity index (χ1) is 14.5. The molecular formula is C23H23N3O4. The van der Waals surface area contributed by atoms with E-state index in [0.29, 0.717) is 17.7 Å². The molecule has 3 rings (SSSR count). The Bertz CT molecular complexity index is 892. The Labute approximate surface area is 174 Å². The smallest absolute Gasteiger partial charge is 0.250 e. The summed E-state index contributed by atoms with van der Waals surface area (Å²) < 4.78 is 0. The van der Waals surface area contributed by atoms with Crippen LogP contribution in [0.1, 0.15) is 28.8 Å². The van der Waals surface area contributed by atoms with Crippen LogP contribution in [0.4, 0.5) is 0 Å². The lowest BCUT2D eigenvalue weighted by molar-refractivity contribution is -0.537. The van der Waals surface area contributed by atoms with Crippen LogP contribution in [0, 0.1) is 20.2 Å². The lowest BCUT2D eigenvalue weighted by atomic mass is 10.0. The fourth-order valence-corrected chi connectivity index (χ4v) is 3.47. The molecule has 3 aromatic rings. The van der Waals surface area contributed by atoms with Crippen LogP contribution in [0.3, 0.4) is 0 Å². The molecule has 2 atom stereocenters. The molecule has 0 aliphatic heterocycles. The van der Waals surface area contributed by atoms with Crippen LogP contribution in [-0.4, -0.2) is 27.8 Å². The summed E-state index contributed by atoms with van der Waals surface area (Å²) in [6.45, 7) is 0.529. The highest BCUT2D eigenvalue weighted by Gasteiger charge is 2.31. The zero-order valence-electron chi connectivity index (χ0n) is 16.4. The summed E-state index contributed by atoms with van der Waals surface area (Å²) in [5.74, 6) is 0. The molecule has 154 valence electrons. The van der Waals surface area contributed by atoms with Crippen molar-refractivity contribution in [2.24, 2.45) is 0 Å². The summed E-state index contributed by atoms with van der Waals surface area (Å²) in [5.41, 5.74) is 2.11. The third kappa shape index (κ3) is 5.71. The molecule has 0 saturated heterocycles. The van der Waals surface area contributed by atoms with E-state index in [1.54, 1.807) is 65.6 Å². The molecule has 0 saturated carbocycles. The molecule has 2 unspecified atom stereocenters. The average molecular weight is 405 g/mol. The Hall–Kier alpha value is -3.58. The second-order valence-electron chi connectivity index (χ2n) is 7.10. The molecule has 7 nitrogen and oxygen atoms in total. The number of nitrogens with zero attached hydrogens (tertiary/aromatic N) is 3. The zero-order chi connectivity index (χ0) is 21.3. The standard InChI is InChI=1S/C23H23N3O4/c27-25(28)22(20-12-6-2-7-13-20)17-24(16-19-10-4-1-5-11-19)18-23(26(29)30)21-14-8-3-9-15-21/h1-15,22-23H,16-18H2. The summed E-state index contributed by atoms with van der Waals surface area (Å²) in [7, 11) is 0. The molecular weight excluding hydrogens is 382 g/mol. The Morgan fingerprint density at radius 2 is 1.00 bits per heavy atom. The molecule has 0 spiro atoms. The molecule has 0 N–H and O–H groups in total. The van der Waals surface area contributed by atoms with E-state index in [1.807, 2.05) is 30.3 Å². The van der Waals surface area contributed by atoms with Gasteiger partial charge in [-0.1, -0.05) is 91.0 Å². The quantitative estimate of drug-likeness (QED) is 0.365. The topological polar surface area (TPSA) is 89.5 Å². The van der Waals surface area contributed by atoms with Gasteiger partial charge in [0.25, 0.3) is 12.1 Å². The molecule has 0 heterocycles. The zero-order valence-corrected chi connectivity index (χ0v) is 16.4. The third-order valence-electron chi connectivity index (χ3n) is 4.99. The minimum Gasteiger partial charge on any atom is -0.285 e. The van der Waals surface area contributed by atoms with E-state index < -0.39 is 12.1 Å². The van der Waals surface area contributed by atoms with E-state index >= 15 is 0 Å². The molecule has 30 heavy (non-hydrogen) atoms. The van der Waals surface area contributed by atoms with Crippen LogP contribution >= 0.6 is 0 Å². The lowest BCUT2D eigenvalue weighted by Crippen LogP contribution is -2.36. The Balaban J connectivity index is 1.89. The average Bonchev–Trinajstić information content (AvgIpc) is 2.77. The number of hydrogen-bond donors (Lipinski definition) is 0. The summed E-state index contributed by atoms with van der Waals surface area (Å²) in [5, 5.41) is 23.6. The van der Waals surface area contributed by atoms with Gasteiger partial charge in [0.1, 0.15) is 0 Å². The van der Waals surface area contributed by atoms with E-state index in [2.05, 4.69) is 0 Å². The Morgan fingerprint density at radius 3 is 1.37 bits per heavy atom. The first kappa shape index (κ1) is 21.1. The van der Waals surface area contributed by atoms with Crippen molar-refractivity contribution in [3.05, 3.63) is 128 Å². The van der Waals surface area contributed by atoms with Gasteiger partial charge in [0.15, 0.2) is 0 Å². The van der Waals surface area contributed by atoms with Gasteiger partial charge in [-0.15, -0.1) is 0 Å². The van der Waals surface area contributed by atoms with Crippen LogP contribution in [0.25, 0.3) is 0 Å². The summed E-state index contributed by atoms with van der Waals surface area (Å²) in [6, 6.07) is 25.1. The van der Waals surface area contributed by atoms with E-state index in [-0.39, 0.29) is 22.9 Å². The monoisotopic (exact) mass is 405 g/mol. The molecule has 0 bridgehead atoms. The van der Waals surface area contributed by atoms with Gasteiger partial charge in [-0.05, 0) is 5.56 Å². The van der Waals surface area contributed by atoms with Crippen molar-refractivity contribution in [1.29, 1.82) is 0 Å². The van der Waals surface area contributed by atoms with Crippen molar-refractivity contribution in [2.45, 2.75) is 18.6 Å². The predicted molar refractivity (Wildman–Crippen MR) is 114 cm³/mol. The molecule has 0 fully saturated rings. The fraction of sp³-hybridized carbons (Fsp3) is 0.217. The summed E-state index contributed by atoms with van der Waals surface area (Å²) in [6.07, 6.45) is 0. The first-order valence-corrected chi connectivity index (χ1v) is 9.67. The number of nitro groups is 2.